The number of hydrogen-bond donors (Lipinski definition) is 2. The van der Waals surface area contributed by atoms with Crippen LogP contribution in [0.5, 0.6) is 5.88 Å². The minimum Gasteiger partial charge on any atom is -0.417 e. The number of carbonyl (C=O) groups excluding carboxylic acids is 1. The number of amides is 1. The van der Waals surface area contributed by atoms with Gasteiger partial charge in [0.05, 0.1) is 23.2 Å². The Hall–Kier alpha value is -2.63. The van der Waals surface area contributed by atoms with Crippen LogP contribution in [-0.2, 0) is 14.6 Å². The smallest absolute Gasteiger partial charge is 0.388 e. The summed E-state index contributed by atoms with van der Waals surface area (Å²) < 4.78 is 67.6. The van der Waals surface area contributed by atoms with Crippen molar-refractivity contribution in [3.63, 3.8) is 0 Å². The second-order valence-corrected chi connectivity index (χ2v) is 11.5. The maximum Gasteiger partial charge on any atom is 0.388 e. The van der Waals surface area contributed by atoms with Crippen LogP contribution in [0.3, 0.4) is 0 Å². The van der Waals surface area contributed by atoms with Crippen LogP contribution in [0.2, 0.25) is 0 Å². The van der Waals surface area contributed by atoms with E-state index in [1.165, 1.54) is 0 Å². The predicted molar refractivity (Wildman–Crippen MR) is 122 cm³/mol. The molecule has 0 aromatic carbocycles. The van der Waals surface area contributed by atoms with Crippen molar-refractivity contribution in [2.45, 2.75) is 64.6 Å². The first-order valence-corrected chi connectivity index (χ1v) is 12.8. The van der Waals surface area contributed by atoms with Crippen LogP contribution >= 0.6 is 0 Å². The molecule has 188 valence electrons. The van der Waals surface area contributed by atoms with E-state index in [-0.39, 0.29) is 41.1 Å². The SMILES string of the molecule is CC(C)N=C1C[C@H](C(=O)N[C@@]2(C)CCS(=O)(=O)C2)CCC1=C(N)c1cc(OC(F)F)ncc1F. The third-order valence-electron chi connectivity index (χ3n) is 5.90. The average Bonchev–Trinajstić information content (AvgIpc) is 3.00. The summed E-state index contributed by atoms with van der Waals surface area (Å²) in [5.41, 5.74) is 6.38. The maximum atomic E-state index is 14.5. The Morgan fingerprint density at radius 3 is 2.68 bits per heavy atom. The number of hydrogen-bond acceptors (Lipinski definition) is 7. The number of aromatic nitrogens is 1. The fraction of sp³-hybridized carbons (Fsp3) is 0.591. The van der Waals surface area contributed by atoms with E-state index < -0.39 is 39.6 Å². The number of halogens is 3. The van der Waals surface area contributed by atoms with Gasteiger partial charge in [-0.15, -0.1) is 0 Å². The summed E-state index contributed by atoms with van der Waals surface area (Å²) in [5.74, 6) is -2.07. The molecule has 1 amide bonds. The zero-order chi connectivity index (χ0) is 25.3. The first kappa shape index (κ1) is 26.0. The Balaban J connectivity index is 1.86. The Morgan fingerprint density at radius 2 is 2.09 bits per heavy atom. The molecular formula is C22H29F3N4O4S. The highest BCUT2D eigenvalue weighted by molar-refractivity contribution is 7.91. The molecule has 8 nitrogen and oxygen atoms in total. The van der Waals surface area contributed by atoms with Crippen molar-refractivity contribution < 1.29 is 31.1 Å². The first-order chi connectivity index (χ1) is 15.8. The van der Waals surface area contributed by atoms with Gasteiger partial charge in [0.2, 0.25) is 11.8 Å². The van der Waals surface area contributed by atoms with Crippen molar-refractivity contribution in [2.24, 2.45) is 16.6 Å². The molecular weight excluding hydrogens is 473 g/mol. The normalized spacial score (nSPS) is 27.3. The first-order valence-electron chi connectivity index (χ1n) is 11.0. The maximum absolute atomic E-state index is 14.5. The van der Waals surface area contributed by atoms with Crippen LogP contribution in [0.25, 0.3) is 5.70 Å². The summed E-state index contributed by atoms with van der Waals surface area (Å²) in [6.07, 6.45) is 2.03. The molecule has 1 saturated carbocycles. The fourth-order valence-electron chi connectivity index (χ4n) is 4.33. The monoisotopic (exact) mass is 502 g/mol. The number of sulfone groups is 1. The van der Waals surface area contributed by atoms with Gasteiger partial charge in [0.15, 0.2) is 15.7 Å². The molecule has 12 heteroatoms. The van der Waals surface area contributed by atoms with Crippen molar-refractivity contribution in [3.8, 4) is 5.88 Å². The highest BCUT2D eigenvalue weighted by Gasteiger charge is 2.41. The Labute approximate surface area is 196 Å². The van der Waals surface area contributed by atoms with Gasteiger partial charge in [-0.1, -0.05) is 0 Å². The van der Waals surface area contributed by atoms with Crippen molar-refractivity contribution in [3.05, 3.63) is 29.2 Å². The second-order valence-electron chi connectivity index (χ2n) is 9.27. The van der Waals surface area contributed by atoms with Crippen molar-refractivity contribution >= 4 is 27.2 Å². The van der Waals surface area contributed by atoms with Crippen LogP contribution in [0.4, 0.5) is 13.2 Å². The lowest BCUT2D eigenvalue weighted by molar-refractivity contribution is -0.126. The van der Waals surface area contributed by atoms with E-state index in [0.29, 0.717) is 30.5 Å². The molecule has 1 aromatic rings. The highest BCUT2D eigenvalue weighted by atomic mass is 32.2. The summed E-state index contributed by atoms with van der Waals surface area (Å²) >= 11 is 0. The lowest BCUT2D eigenvalue weighted by atomic mass is 9.81. The van der Waals surface area contributed by atoms with E-state index in [2.05, 4.69) is 20.0 Å². The molecule has 0 radical (unpaired) electrons. The lowest BCUT2D eigenvalue weighted by Gasteiger charge is -2.31. The number of alkyl halides is 2. The number of allylic oxidation sites excluding steroid dienone is 1. The van der Waals surface area contributed by atoms with Crippen LogP contribution in [0, 0.1) is 11.7 Å². The average molecular weight is 503 g/mol. The van der Waals surface area contributed by atoms with Gasteiger partial charge >= 0.3 is 6.61 Å². The summed E-state index contributed by atoms with van der Waals surface area (Å²) in [6, 6.07) is 0.869. The summed E-state index contributed by atoms with van der Waals surface area (Å²) in [7, 11) is -3.18. The molecule has 1 aliphatic carbocycles. The minimum atomic E-state index is -3.18. The third kappa shape index (κ3) is 6.28. The van der Waals surface area contributed by atoms with Crippen LogP contribution in [0.15, 0.2) is 22.8 Å². The molecule has 34 heavy (non-hydrogen) atoms. The predicted octanol–water partition coefficient (Wildman–Crippen LogP) is 2.83. The third-order valence-corrected chi connectivity index (χ3v) is 7.80. The zero-order valence-corrected chi connectivity index (χ0v) is 20.1. The molecule has 1 aliphatic heterocycles. The topological polar surface area (TPSA) is 124 Å². The van der Waals surface area contributed by atoms with E-state index in [0.717, 1.165) is 12.3 Å². The number of aliphatic imine (C=N–C) groups is 1. The fourth-order valence-corrected chi connectivity index (χ4v) is 6.42. The van der Waals surface area contributed by atoms with Crippen LogP contribution < -0.4 is 15.8 Å². The molecule has 1 aromatic heterocycles. The quantitative estimate of drug-likeness (QED) is 0.617. The zero-order valence-electron chi connectivity index (χ0n) is 19.3. The number of carbonyl (C=O) groups is 1. The summed E-state index contributed by atoms with van der Waals surface area (Å²) in [5, 5.41) is 2.89. The largest absolute Gasteiger partial charge is 0.417 e. The molecule has 2 atom stereocenters. The molecule has 2 fully saturated rings. The van der Waals surface area contributed by atoms with Crippen molar-refractivity contribution in [2.75, 3.05) is 11.5 Å². The number of nitrogens with zero attached hydrogens (tertiary/aromatic N) is 2. The van der Waals surface area contributed by atoms with E-state index in [1.54, 1.807) is 6.92 Å². The van der Waals surface area contributed by atoms with Gasteiger partial charge in [-0.05, 0) is 45.6 Å². The molecule has 1 saturated heterocycles. The van der Waals surface area contributed by atoms with E-state index in [1.807, 2.05) is 13.8 Å². The molecule has 3 N–H and O–H groups in total. The Bertz CT molecular complexity index is 1120. The summed E-state index contributed by atoms with van der Waals surface area (Å²) in [4.78, 5) is 21.1. The van der Waals surface area contributed by atoms with Gasteiger partial charge in [0, 0.05) is 41.4 Å². The standard InChI is InChI=1S/C22H29F3N4O4S/c1-12(2)28-17-8-13(20(30)29-22(3)6-7-34(31,32)11-22)4-5-14(17)19(26)15-9-18(33-21(24)25)27-10-16(15)23/h9-10,12-13,21H,4-8,11,26H2,1-3H3,(H,29,30)/t13-,22+/m1/s1. The second kappa shape index (κ2) is 9.93. The number of nitrogens with one attached hydrogen (secondary N) is 1. The van der Waals surface area contributed by atoms with Gasteiger partial charge in [0.25, 0.3) is 0 Å². The molecule has 2 heterocycles. The van der Waals surface area contributed by atoms with Crippen molar-refractivity contribution in [1.29, 1.82) is 0 Å². The minimum absolute atomic E-state index is 0.0196. The highest BCUT2D eigenvalue weighted by Crippen LogP contribution is 2.33. The molecule has 2 aliphatic rings. The van der Waals surface area contributed by atoms with Crippen LogP contribution in [-0.4, -0.2) is 54.7 Å². The molecule has 0 spiro atoms. The lowest BCUT2D eigenvalue weighted by Crippen LogP contribution is -2.50. The van der Waals surface area contributed by atoms with Gasteiger partial charge in [0.1, 0.15) is 0 Å². The molecule has 0 unspecified atom stereocenters. The molecule has 3 rings (SSSR count). The molecule has 0 bridgehead atoms. The van der Waals surface area contributed by atoms with Gasteiger partial charge in [-0.2, -0.15) is 8.78 Å². The van der Waals surface area contributed by atoms with E-state index in [9.17, 15) is 26.4 Å². The Morgan fingerprint density at radius 1 is 1.38 bits per heavy atom. The van der Waals surface area contributed by atoms with E-state index in [4.69, 9.17) is 5.73 Å². The Kier molecular flexibility index (Phi) is 7.59. The van der Waals surface area contributed by atoms with E-state index >= 15 is 0 Å². The number of rotatable bonds is 6. The van der Waals surface area contributed by atoms with Crippen LogP contribution in [0.1, 0.15) is 52.0 Å². The van der Waals surface area contributed by atoms with Gasteiger partial charge in [-0.3, -0.25) is 9.79 Å². The van der Waals surface area contributed by atoms with Crippen molar-refractivity contribution in [1.82, 2.24) is 10.3 Å². The summed E-state index contributed by atoms with van der Waals surface area (Å²) in [6.45, 7) is 2.28. The van der Waals surface area contributed by atoms with Gasteiger partial charge < -0.3 is 15.8 Å². The number of nitrogens with two attached hydrogens (primary N) is 1. The number of ether oxygens (including phenoxy) is 1. The number of pyridine rings is 1. The van der Waals surface area contributed by atoms with Gasteiger partial charge in [-0.25, -0.2) is 17.8 Å².